The number of carbonyl (C=O) groups excluding carboxylic acids is 3. The number of likely N-dealkylation sites (N-methyl/N-ethyl adjacent to an activating group) is 1. The fourth-order valence-corrected chi connectivity index (χ4v) is 4.49. The van der Waals surface area contributed by atoms with Crippen LogP contribution in [0.3, 0.4) is 0 Å². The number of allylic oxidation sites excluding steroid dienone is 1. The summed E-state index contributed by atoms with van der Waals surface area (Å²) in [7, 11) is 3.33. The molecule has 1 aliphatic heterocycles. The monoisotopic (exact) mass is 454 g/mol. The molecule has 180 valence electrons. The Balaban J connectivity index is 2.27. The molecule has 0 saturated heterocycles. The molecule has 2 amide bonds. The Labute approximate surface area is 197 Å². The fraction of sp³-hybridized carbons (Fsp3) is 0.538. The standard InChI is InChI=1S/C26H38N4O3/c1-17(2)8-6-9-18(3)24(28-4)22(15-27)19-11-12-21-20(14-19)16-30(26(21)33)23(10-7-13-31)25(32)29-5/h11-15,17-18,23H,6-10,16,27H2,1-5H3,(H,29,32). The summed E-state index contributed by atoms with van der Waals surface area (Å²) in [6, 6.07) is 4.99. The number of nitrogens with one attached hydrogen (secondary N) is 1. The lowest BCUT2D eigenvalue weighted by Gasteiger charge is -2.25. The van der Waals surface area contributed by atoms with Crippen molar-refractivity contribution in [3.8, 4) is 0 Å². The number of hydrogen-bond acceptors (Lipinski definition) is 5. The van der Waals surface area contributed by atoms with Gasteiger partial charge in [0.05, 0.1) is 0 Å². The van der Waals surface area contributed by atoms with E-state index < -0.39 is 6.04 Å². The van der Waals surface area contributed by atoms with E-state index in [2.05, 4.69) is 31.1 Å². The summed E-state index contributed by atoms with van der Waals surface area (Å²) in [5.74, 6) is 0.471. The van der Waals surface area contributed by atoms with Crippen LogP contribution in [0.4, 0.5) is 0 Å². The molecule has 7 heteroatoms. The fourth-order valence-electron chi connectivity index (χ4n) is 4.49. The number of amides is 2. The number of nitrogens with two attached hydrogens (primary N) is 1. The van der Waals surface area contributed by atoms with Gasteiger partial charge < -0.3 is 20.7 Å². The average Bonchev–Trinajstić information content (AvgIpc) is 3.12. The zero-order valence-electron chi connectivity index (χ0n) is 20.6. The SMILES string of the molecule is CN=C(C(=CN)c1ccc2c(c1)CN(C(CCC=O)C(=O)NC)C2=O)C(C)CCCC(C)C. The molecular weight excluding hydrogens is 416 g/mol. The molecule has 1 aliphatic rings. The number of benzene rings is 1. The van der Waals surface area contributed by atoms with E-state index in [-0.39, 0.29) is 24.2 Å². The largest absolute Gasteiger partial charge is 0.404 e. The first kappa shape index (κ1) is 26.3. The third-order valence-electron chi connectivity index (χ3n) is 6.30. The van der Waals surface area contributed by atoms with Crippen molar-refractivity contribution in [3.63, 3.8) is 0 Å². The molecule has 1 aromatic carbocycles. The lowest BCUT2D eigenvalue weighted by Crippen LogP contribution is -2.46. The summed E-state index contributed by atoms with van der Waals surface area (Å²) in [6.45, 7) is 6.95. The second-order valence-electron chi connectivity index (χ2n) is 9.09. The lowest BCUT2D eigenvalue weighted by atomic mass is 9.88. The quantitative estimate of drug-likeness (QED) is 0.372. The van der Waals surface area contributed by atoms with Crippen molar-refractivity contribution in [1.82, 2.24) is 10.2 Å². The minimum Gasteiger partial charge on any atom is -0.404 e. The molecule has 1 aromatic rings. The van der Waals surface area contributed by atoms with Gasteiger partial charge in [-0.25, -0.2) is 0 Å². The molecule has 0 bridgehead atoms. The van der Waals surface area contributed by atoms with Crippen LogP contribution in [-0.2, 0) is 16.1 Å². The van der Waals surface area contributed by atoms with Gasteiger partial charge in [0, 0.05) is 50.1 Å². The molecule has 7 nitrogen and oxygen atoms in total. The average molecular weight is 455 g/mol. The molecule has 0 saturated carbocycles. The second-order valence-corrected chi connectivity index (χ2v) is 9.09. The van der Waals surface area contributed by atoms with Gasteiger partial charge in [0.1, 0.15) is 12.3 Å². The third kappa shape index (κ3) is 6.30. The smallest absolute Gasteiger partial charge is 0.255 e. The van der Waals surface area contributed by atoms with Crippen molar-refractivity contribution < 1.29 is 14.4 Å². The van der Waals surface area contributed by atoms with E-state index in [1.54, 1.807) is 24.2 Å². The van der Waals surface area contributed by atoms with Crippen LogP contribution >= 0.6 is 0 Å². The van der Waals surface area contributed by atoms with Crippen molar-refractivity contribution in [3.05, 3.63) is 41.1 Å². The first-order valence-electron chi connectivity index (χ1n) is 11.8. The van der Waals surface area contributed by atoms with E-state index >= 15 is 0 Å². The number of aliphatic imine (C=N–C) groups is 1. The molecule has 33 heavy (non-hydrogen) atoms. The van der Waals surface area contributed by atoms with Crippen LogP contribution in [0, 0.1) is 11.8 Å². The Kier molecular flexibility index (Phi) is 9.82. The molecule has 0 aromatic heterocycles. The summed E-state index contributed by atoms with van der Waals surface area (Å²) in [4.78, 5) is 42.4. The van der Waals surface area contributed by atoms with Crippen LogP contribution in [-0.4, -0.2) is 48.8 Å². The van der Waals surface area contributed by atoms with Crippen molar-refractivity contribution in [1.29, 1.82) is 0 Å². The van der Waals surface area contributed by atoms with E-state index in [1.165, 1.54) is 13.5 Å². The van der Waals surface area contributed by atoms with Crippen LogP contribution in [0.5, 0.6) is 0 Å². The zero-order valence-corrected chi connectivity index (χ0v) is 20.6. The van der Waals surface area contributed by atoms with Crippen LogP contribution in [0.25, 0.3) is 5.57 Å². The van der Waals surface area contributed by atoms with Crippen molar-refractivity contribution >= 4 is 29.4 Å². The maximum atomic E-state index is 13.0. The van der Waals surface area contributed by atoms with Gasteiger partial charge in [0.2, 0.25) is 5.91 Å². The Bertz CT molecular complexity index is 920. The maximum absolute atomic E-state index is 13.0. The Hall–Kier alpha value is -2.96. The summed E-state index contributed by atoms with van der Waals surface area (Å²) in [5.41, 5.74) is 10.2. The normalized spacial score (nSPS) is 16.1. The molecular formula is C26H38N4O3. The number of hydrogen-bond donors (Lipinski definition) is 2. The number of nitrogens with zero attached hydrogens (tertiary/aromatic N) is 2. The highest BCUT2D eigenvalue weighted by atomic mass is 16.2. The Morgan fingerprint density at radius 2 is 1.97 bits per heavy atom. The summed E-state index contributed by atoms with van der Waals surface area (Å²) >= 11 is 0. The molecule has 2 rings (SSSR count). The number of rotatable bonds is 12. The van der Waals surface area contributed by atoms with E-state index in [4.69, 9.17) is 5.73 Å². The molecule has 0 aliphatic carbocycles. The topological polar surface area (TPSA) is 105 Å². The highest BCUT2D eigenvalue weighted by Crippen LogP contribution is 2.31. The molecule has 3 N–H and O–H groups in total. The van der Waals surface area contributed by atoms with Crippen LogP contribution in [0.15, 0.2) is 29.4 Å². The number of aldehydes is 1. The predicted molar refractivity (Wildman–Crippen MR) is 133 cm³/mol. The van der Waals surface area contributed by atoms with Crippen LogP contribution in [0.2, 0.25) is 0 Å². The van der Waals surface area contributed by atoms with Gasteiger partial charge >= 0.3 is 0 Å². The Morgan fingerprint density at radius 3 is 2.55 bits per heavy atom. The highest BCUT2D eigenvalue weighted by Gasteiger charge is 2.36. The van der Waals surface area contributed by atoms with Gasteiger partial charge in [0.25, 0.3) is 5.91 Å². The van der Waals surface area contributed by atoms with Crippen LogP contribution in [0.1, 0.15) is 74.4 Å². The first-order valence-corrected chi connectivity index (χ1v) is 11.8. The van der Waals surface area contributed by atoms with Gasteiger partial charge in [-0.05, 0) is 47.9 Å². The zero-order chi connectivity index (χ0) is 24.5. The van der Waals surface area contributed by atoms with Gasteiger partial charge in [0.15, 0.2) is 0 Å². The summed E-state index contributed by atoms with van der Waals surface area (Å²) in [5, 5.41) is 2.61. The number of carbonyl (C=O) groups is 3. The minimum atomic E-state index is -0.679. The molecule has 0 spiro atoms. The third-order valence-corrected chi connectivity index (χ3v) is 6.30. The molecule has 2 atom stereocenters. The minimum absolute atomic E-state index is 0.194. The van der Waals surface area contributed by atoms with Gasteiger partial charge in [-0.2, -0.15) is 0 Å². The van der Waals surface area contributed by atoms with E-state index in [1.807, 2.05) is 12.1 Å². The van der Waals surface area contributed by atoms with Gasteiger partial charge in [-0.1, -0.05) is 39.7 Å². The van der Waals surface area contributed by atoms with Gasteiger partial charge in [-0.15, -0.1) is 0 Å². The van der Waals surface area contributed by atoms with E-state index in [9.17, 15) is 14.4 Å². The predicted octanol–water partition coefficient (Wildman–Crippen LogP) is 3.57. The van der Waals surface area contributed by atoms with Gasteiger partial charge in [-0.3, -0.25) is 14.6 Å². The molecule has 1 heterocycles. The van der Waals surface area contributed by atoms with Crippen molar-refractivity contribution in [2.75, 3.05) is 14.1 Å². The molecule has 0 fully saturated rings. The summed E-state index contributed by atoms with van der Waals surface area (Å²) in [6.07, 6.45) is 6.22. The summed E-state index contributed by atoms with van der Waals surface area (Å²) < 4.78 is 0. The highest BCUT2D eigenvalue weighted by molar-refractivity contribution is 6.24. The number of fused-ring (bicyclic) bond motifs is 1. The molecule has 2 unspecified atom stereocenters. The van der Waals surface area contributed by atoms with Crippen molar-refractivity contribution in [2.45, 2.75) is 65.5 Å². The Morgan fingerprint density at radius 1 is 1.24 bits per heavy atom. The van der Waals surface area contributed by atoms with Crippen molar-refractivity contribution in [2.24, 2.45) is 22.6 Å². The first-order chi connectivity index (χ1) is 15.8. The van der Waals surface area contributed by atoms with Crippen LogP contribution < -0.4 is 11.1 Å². The van der Waals surface area contributed by atoms with E-state index in [0.29, 0.717) is 24.4 Å². The maximum Gasteiger partial charge on any atom is 0.255 e. The second kappa shape index (κ2) is 12.3. The lowest BCUT2D eigenvalue weighted by molar-refractivity contribution is -0.125. The van der Waals surface area contributed by atoms with E-state index in [0.717, 1.165) is 41.5 Å². The molecule has 0 radical (unpaired) electrons.